The van der Waals surface area contributed by atoms with Crippen molar-refractivity contribution in [1.82, 2.24) is 19.9 Å². The Bertz CT molecular complexity index is 1420. The van der Waals surface area contributed by atoms with Crippen LogP contribution < -0.4 is 20.7 Å². The van der Waals surface area contributed by atoms with Crippen LogP contribution in [0.1, 0.15) is 35.7 Å². The Hall–Kier alpha value is -4.28. The average molecular weight is 527 g/mol. The molecule has 1 amide bonds. The van der Waals surface area contributed by atoms with E-state index in [0.29, 0.717) is 40.7 Å². The topological polar surface area (TPSA) is 92.6 Å². The second-order valence-corrected chi connectivity index (χ2v) is 8.75. The Morgan fingerprint density at radius 2 is 1.84 bits per heavy atom. The highest BCUT2D eigenvalue weighted by Gasteiger charge is 2.26. The van der Waals surface area contributed by atoms with Gasteiger partial charge in [-0.05, 0) is 55.3 Å². The number of hydrogen-bond donors (Lipinski definition) is 3. The van der Waals surface area contributed by atoms with Crippen LogP contribution in [0.5, 0.6) is 5.75 Å². The van der Waals surface area contributed by atoms with Gasteiger partial charge >= 0.3 is 6.18 Å². The van der Waals surface area contributed by atoms with Crippen molar-refractivity contribution in [2.45, 2.75) is 32.9 Å². The number of methoxy groups -OCH3 is 1. The molecule has 0 radical (unpaired) electrons. The molecule has 2 aromatic carbocycles. The largest absolute Gasteiger partial charge is 0.497 e. The molecule has 0 aliphatic rings. The summed E-state index contributed by atoms with van der Waals surface area (Å²) in [4.78, 5) is 16.9. The smallest absolute Gasteiger partial charge is 0.390 e. The highest BCUT2D eigenvalue weighted by Crippen LogP contribution is 2.29. The SMILES string of the molecule is CCCNC(=O)c1ccc(-c2cnc3c(NCCC(F)(F)F)cc(Nc4ccc(OC)cc4)nn23)cc1C. The Balaban J connectivity index is 1.71. The van der Waals surface area contributed by atoms with Crippen molar-refractivity contribution in [2.24, 2.45) is 0 Å². The number of nitrogens with zero attached hydrogens (tertiary/aromatic N) is 3. The summed E-state index contributed by atoms with van der Waals surface area (Å²) in [6.07, 6.45) is -2.83. The van der Waals surface area contributed by atoms with Gasteiger partial charge in [-0.25, -0.2) is 9.50 Å². The lowest BCUT2D eigenvalue weighted by molar-refractivity contribution is -0.131. The summed E-state index contributed by atoms with van der Waals surface area (Å²) in [5.74, 6) is 0.950. The van der Waals surface area contributed by atoms with Crippen molar-refractivity contribution >= 4 is 28.7 Å². The highest BCUT2D eigenvalue weighted by molar-refractivity contribution is 5.96. The van der Waals surface area contributed by atoms with Gasteiger partial charge < -0.3 is 20.7 Å². The minimum atomic E-state index is -4.29. The number of aromatic nitrogens is 3. The van der Waals surface area contributed by atoms with Gasteiger partial charge in [0.2, 0.25) is 0 Å². The number of hydrogen-bond acceptors (Lipinski definition) is 6. The van der Waals surface area contributed by atoms with Gasteiger partial charge in [0.25, 0.3) is 5.91 Å². The van der Waals surface area contributed by atoms with E-state index in [1.807, 2.05) is 32.0 Å². The van der Waals surface area contributed by atoms with Gasteiger partial charge in [-0.15, -0.1) is 5.10 Å². The third-order valence-electron chi connectivity index (χ3n) is 5.86. The number of nitrogens with one attached hydrogen (secondary N) is 3. The molecule has 2 aromatic heterocycles. The van der Waals surface area contributed by atoms with Crippen LogP contribution in [-0.2, 0) is 0 Å². The summed E-state index contributed by atoms with van der Waals surface area (Å²) in [7, 11) is 1.57. The van der Waals surface area contributed by atoms with Crippen LogP contribution in [0.2, 0.25) is 0 Å². The first-order valence-electron chi connectivity index (χ1n) is 12.2. The van der Waals surface area contributed by atoms with E-state index in [1.54, 1.807) is 48.2 Å². The molecule has 0 aliphatic carbocycles. The van der Waals surface area contributed by atoms with Gasteiger partial charge in [-0.1, -0.05) is 13.0 Å². The predicted octanol–water partition coefficient (Wildman–Crippen LogP) is 5.96. The number of carbonyl (C=O) groups excluding carboxylic acids is 1. The molecule has 11 heteroatoms. The van der Waals surface area contributed by atoms with Crippen molar-refractivity contribution in [3.05, 3.63) is 65.9 Å². The van der Waals surface area contributed by atoms with Crippen LogP contribution >= 0.6 is 0 Å². The van der Waals surface area contributed by atoms with Gasteiger partial charge in [-0.3, -0.25) is 4.79 Å². The molecule has 0 atom stereocenters. The lowest BCUT2D eigenvalue weighted by Gasteiger charge is -2.14. The average Bonchev–Trinajstić information content (AvgIpc) is 3.31. The van der Waals surface area contributed by atoms with E-state index in [-0.39, 0.29) is 12.5 Å². The molecule has 3 N–H and O–H groups in total. The lowest BCUT2D eigenvalue weighted by Crippen LogP contribution is -2.24. The van der Waals surface area contributed by atoms with Gasteiger partial charge in [0.05, 0.1) is 31.1 Å². The van der Waals surface area contributed by atoms with Crippen LogP contribution in [0.3, 0.4) is 0 Å². The van der Waals surface area contributed by atoms with Crippen LogP contribution in [0.25, 0.3) is 16.9 Å². The van der Waals surface area contributed by atoms with E-state index in [0.717, 1.165) is 23.2 Å². The van der Waals surface area contributed by atoms with Crippen LogP contribution in [0.4, 0.5) is 30.4 Å². The predicted molar refractivity (Wildman–Crippen MR) is 141 cm³/mol. The molecule has 0 saturated carbocycles. The second-order valence-electron chi connectivity index (χ2n) is 8.75. The third kappa shape index (κ3) is 6.34. The number of halogens is 3. The van der Waals surface area contributed by atoms with E-state index < -0.39 is 12.6 Å². The molecule has 4 rings (SSSR count). The Kier molecular flexibility index (Phi) is 8.04. The standard InChI is InChI=1S/C27H29F3N6O2/c1-4-12-32-26(37)21-10-5-18(14-17(21)2)23-16-33-25-22(31-13-11-27(28,29)30)15-24(35-36(23)25)34-19-6-8-20(38-3)9-7-19/h5-10,14-16,31H,4,11-13H2,1-3H3,(H,32,37)(H,34,35). The first-order valence-corrected chi connectivity index (χ1v) is 12.2. The number of fused-ring (bicyclic) bond motifs is 1. The molecule has 4 aromatic rings. The Morgan fingerprint density at radius 1 is 1.08 bits per heavy atom. The molecule has 0 spiro atoms. The van der Waals surface area contributed by atoms with Crippen LogP contribution in [-0.4, -0.2) is 46.9 Å². The number of carbonyl (C=O) groups is 1. The summed E-state index contributed by atoms with van der Waals surface area (Å²) in [6, 6.07) is 14.2. The van der Waals surface area contributed by atoms with Crippen LogP contribution in [0.15, 0.2) is 54.7 Å². The summed E-state index contributed by atoms with van der Waals surface area (Å²) >= 11 is 0. The van der Waals surface area contributed by atoms with Gasteiger partial charge in [0.15, 0.2) is 11.5 Å². The maximum atomic E-state index is 12.8. The molecular weight excluding hydrogens is 497 g/mol. The van der Waals surface area contributed by atoms with Crippen molar-refractivity contribution in [3.8, 4) is 17.0 Å². The summed E-state index contributed by atoms with van der Waals surface area (Å²) in [5, 5.41) is 13.6. The van der Waals surface area contributed by atoms with Crippen molar-refractivity contribution in [1.29, 1.82) is 0 Å². The molecule has 8 nitrogen and oxygen atoms in total. The zero-order valence-corrected chi connectivity index (χ0v) is 21.3. The molecule has 0 unspecified atom stereocenters. The molecule has 0 saturated heterocycles. The summed E-state index contributed by atoms with van der Waals surface area (Å²) in [5.41, 5.74) is 4.24. The van der Waals surface area contributed by atoms with Crippen molar-refractivity contribution in [2.75, 3.05) is 30.8 Å². The maximum absolute atomic E-state index is 12.8. The minimum Gasteiger partial charge on any atom is -0.497 e. The monoisotopic (exact) mass is 526 g/mol. The number of ether oxygens (including phenoxy) is 1. The number of anilines is 3. The lowest BCUT2D eigenvalue weighted by atomic mass is 10.0. The third-order valence-corrected chi connectivity index (χ3v) is 5.86. The normalized spacial score (nSPS) is 11.4. The van der Waals surface area contributed by atoms with Crippen LogP contribution in [0, 0.1) is 6.92 Å². The molecule has 2 heterocycles. The first-order chi connectivity index (χ1) is 18.2. The number of amides is 1. The highest BCUT2D eigenvalue weighted by atomic mass is 19.4. The number of aryl methyl sites for hydroxylation is 1. The quantitative estimate of drug-likeness (QED) is 0.236. The zero-order valence-electron chi connectivity index (χ0n) is 21.3. The van der Waals surface area contributed by atoms with E-state index in [9.17, 15) is 18.0 Å². The van der Waals surface area contributed by atoms with Gasteiger partial charge in [0, 0.05) is 36.0 Å². The molecule has 0 aliphatic heterocycles. The Morgan fingerprint density at radius 3 is 2.50 bits per heavy atom. The maximum Gasteiger partial charge on any atom is 0.390 e. The first kappa shape index (κ1) is 26.8. The zero-order chi connectivity index (χ0) is 27.3. The van der Waals surface area contributed by atoms with Gasteiger partial charge in [0.1, 0.15) is 5.75 Å². The summed E-state index contributed by atoms with van der Waals surface area (Å²) in [6.45, 7) is 4.11. The molecule has 38 heavy (non-hydrogen) atoms. The fraction of sp³-hybridized carbons (Fsp3) is 0.296. The number of rotatable bonds is 10. The fourth-order valence-corrected chi connectivity index (χ4v) is 3.93. The van der Waals surface area contributed by atoms with Crippen molar-refractivity contribution < 1.29 is 22.7 Å². The molecular formula is C27H29F3N6O2. The van der Waals surface area contributed by atoms with E-state index in [1.165, 1.54) is 0 Å². The van der Waals surface area contributed by atoms with Gasteiger partial charge in [-0.2, -0.15) is 13.2 Å². The molecule has 200 valence electrons. The summed E-state index contributed by atoms with van der Waals surface area (Å²) < 4.78 is 45.2. The van der Waals surface area contributed by atoms with E-state index in [4.69, 9.17) is 4.74 Å². The van der Waals surface area contributed by atoms with E-state index in [2.05, 4.69) is 26.0 Å². The Labute approximate surface area is 218 Å². The van der Waals surface area contributed by atoms with Crippen molar-refractivity contribution in [3.63, 3.8) is 0 Å². The fourth-order valence-electron chi connectivity index (χ4n) is 3.93. The number of benzene rings is 2. The number of imidazole rings is 1. The second kappa shape index (κ2) is 11.4. The molecule has 0 bridgehead atoms. The number of alkyl halides is 3. The minimum absolute atomic E-state index is 0.144. The molecule has 0 fully saturated rings. The van der Waals surface area contributed by atoms with E-state index >= 15 is 0 Å².